The number of rotatable bonds is 4. The summed E-state index contributed by atoms with van der Waals surface area (Å²) in [6.07, 6.45) is 1.84. The van der Waals surface area contributed by atoms with Crippen LogP contribution in [0.5, 0.6) is 0 Å². The van der Waals surface area contributed by atoms with E-state index in [0.29, 0.717) is 0 Å². The molecule has 0 unspecified atom stereocenters. The van der Waals surface area contributed by atoms with Crippen LogP contribution in [0.1, 0.15) is 42.6 Å². The second-order valence-corrected chi connectivity index (χ2v) is 11.8. The Balaban J connectivity index is 2.66. The summed E-state index contributed by atoms with van der Waals surface area (Å²) in [6.45, 7) is 4.83. The Hall–Kier alpha value is -1.87. The SMILES string of the molecule is Cc1c(C(=O)C2C(=O)CC(C)(C)CC2=O)ccc(S(C)(=O)=O)c1S(C)(=O)=O. The molecule has 0 heterocycles. The normalized spacial score (nSPS) is 18.6. The summed E-state index contributed by atoms with van der Waals surface area (Å²) in [5, 5.41) is 0. The number of hydrogen-bond donors (Lipinski definition) is 0. The van der Waals surface area contributed by atoms with Crippen molar-refractivity contribution >= 4 is 37.0 Å². The van der Waals surface area contributed by atoms with E-state index in [1.165, 1.54) is 13.0 Å². The van der Waals surface area contributed by atoms with Gasteiger partial charge in [0.2, 0.25) is 0 Å². The van der Waals surface area contributed by atoms with Gasteiger partial charge in [-0.25, -0.2) is 16.8 Å². The Kier molecular flexibility index (Phi) is 5.26. The van der Waals surface area contributed by atoms with Gasteiger partial charge in [-0.05, 0) is 30.0 Å². The van der Waals surface area contributed by atoms with Crippen molar-refractivity contribution in [3.63, 3.8) is 0 Å². The van der Waals surface area contributed by atoms with Gasteiger partial charge in [-0.1, -0.05) is 13.8 Å². The fourth-order valence-electron chi connectivity index (χ4n) is 3.52. The molecule has 0 amide bonds. The summed E-state index contributed by atoms with van der Waals surface area (Å²) < 4.78 is 48.3. The second kappa shape index (κ2) is 6.63. The van der Waals surface area contributed by atoms with Crippen LogP contribution in [0.3, 0.4) is 0 Å². The summed E-state index contributed by atoms with van der Waals surface area (Å²) in [7, 11) is -7.85. The van der Waals surface area contributed by atoms with Crippen molar-refractivity contribution < 1.29 is 31.2 Å². The van der Waals surface area contributed by atoms with Gasteiger partial charge >= 0.3 is 0 Å². The van der Waals surface area contributed by atoms with Gasteiger partial charge in [-0.3, -0.25) is 14.4 Å². The van der Waals surface area contributed by atoms with Gasteiger partial charge in [0.05, 0.1) is 9.79 Å². The fraction of sp³-hybridized carbons (Fsp3) is 0.500. The van der Waals surface area contributed by atoms with Gasteiger partial charge in [0, 0.05) is 30.9 Å². The summed E-state index contributed by atoms with van der Waals surface area (Å²) in [5.74, 6) is -3.28. The maximum Gasteiger partial charge on any atom is 0.181 e. The van der Waals surface area contributed by atoms with Crippen molar-refractivity contribution in [3.8, 4) is 0 Å². The van der Waals surface area contributed by atoms with Crippen LogP contribution in [-0.2, 0) is 29.3 Å². The molecule has 1 aromatic carbocycles. The van der Waals surface area contributed by atoms with E-state index in [1.54, 1.807) is 13.8 Å². The van der Waals surface area contributed by atoms with E-state index in [2.05, 4.69) is 0 Å². The quantitative estimate of drug-likeness (QED) is 0.541. The van der Waals surface area contributed by atoms with Crippen LogP contribution in [0.15, 0.2) is 21.9 Å². The molecule has 0 N–H and O–H groups in total. The number of benzene rings is 1. The zero-order valence-electron chi connectivity index (χ0n) is 15.8. The molecule has 27 heavy (non-hydrogen) atoms. The van der Waals surface area contributed by atoms with E-state index in [4.69, 9.17) is 0 Å². The van der Waals surface area contributed by atoms with E-state index in [1.807, 2.05) is 0 Å². The predicted octanol–water partition coefficient (Wildman–Crippen LogP) is 1.56. The highest BCUT2D eigenvalue weighted by Gasteiger charge is 2.44. The summed E-state index contributed by atoms with van der Waals surface area (Å²) >= 11 is 0. The van der Waals surface area contributed by atoms with Crippen molar-refractivity contribution in [3.05, 3.63) is 23.3 Å². The zero-order valence-corrected chi connectivity index (χ0v) is 17.5. The van der Waals surface area contributed by atoms with E-state index in [-0.39, 0.29) is 24.0 Å². The Morgan fingerprint density at radius 1 is 0.963 bits per heavy atom. The van der Waals surface area contributed by atoms with Crippen LogP contribution in [0.25, 0.3) is 0 Å². The zero-order chi connectivity index (χ0) is 20.9. The first kappa shape index (κ1) is 21.4. The maximum absolute atomic E-state index is 12.9. The summed E-state index contributed by atoms with van der Waals surface area (Å²) in [5.41, 5.74) is -0.733. The lowest BCUT2D eigenvalue weighted by molar-refractivity contribution is -0.137. The number of Topliss-reactive ketones (excluding diaryl/α,β-unsaturated/α-hetero) is 3. The lowest BCUT2D eigenvalue weighted by Gasteiger charge is -2.31. The van der Waals surface area contributed by atoms with Crippen molar-refractivity contribution in [2.45, 2.75) is 43.4 Å². The fourth-order valence-corrected chi connectivity index (χ4v) is 6.34. The summed E-state index contributed by atoms with van der Waals surface area (Å²) in [4.78, 5) is 36.8. The molecule has 0 aliphatic heterocycles. The van der Waals surface area contributed by atoms with Crippen LogP contribution < -0.4 is 0 Å². The molecule has 0 aromatic heterocycles. The average Bonchev–Trinajstić information content (AvgIpc) is 2.41. The molecule has 2 rings (SSSR count). The largest absolute Gasteiger partial charge is 0.298 e. The third-order valence-corrected chi connectivity index (χ3v) is 7.15. The van der Waals surface area contributed by atoms with E-state index < -0.39 is 58.1 Å². The van der Waals surface area contributed by atoms with Gasteiger partial charge in [0.25, 0.3) is 0 Å². The second-order valence-electron chi connectivity index (χ2n) is 7.86. The monoisotopic (exact) mass is 414 g/mol. The molecular weight excluding hydrogens is 392 g/mol. The van der Waals surface area contributed by atoms with Crippen molar-refractivity contribution in [2.24, 2.45) is 11.3 Å². The standard InChI is InChI=1S/C18H22O7S2/c1-10-11(6-7-14(26(4,22)23)17(10)27(5,24)25)16(21)15-12(19)8-18(2,3)9-13(15)20/h6-7,15H,8-9H2,1-5H3. The molecule has 0 spiro atoms. The molecule has 148 valence electrons. The highest BCUT2D eigenvalue weighted by atomic mass is 32.2. The van der Waals surface area contributed by atoms with E-state index in [0.717, 1.165) is 18.6 Å². The van der Waals surface area contributed by atoms with Crippen LogP contribution >= 0.6 is 0 Å². The Bertz CT molecular complexity index is 1040. The maximum atomic E-state index is 12.9. The van der Waals surface area contributed by atoms with Crippen molar-refractivity contribution in [1.29, 1.82) is 0 Å². The third kappa shape index (κ3) is 4.19. The van der Waals surface area contributed by atoms with E-state index in [9.17, 15) is 31.2 Å². The van der Waals surface area contributed by atoms with Gasteiger partial charge in [0.15, 0.2) is 37.0 Å². The number of sulfone groups is 2. The Morgan fingerprint density at radius 2 is 1.44 bits per heavy atom. The molecule has 9 heteroatoms. The topological polar surface area (TPSA) is 119 Å². The lowest BCUT2D eigenvalue weighted by atomic mass is 9.69. The molecule has 0 atom stereocenters. The van der Waals surface area contributed by atoms with Crippen molar-refractivity contribution in [2.75, 3.05) is 12.5 Å². The Morgan fingerprint density at radius 3 is 1.85 bits per heavy atom. The molecule has 1 saturated carbocycles. The predicted molar refractivity (Wildman–Crippen MR) is 98.2 cm³/mol. The minimum Gasteiger partial charge on any atom is -0.298 e. The average molecular weight is 415 g/mol. The minimum atomic E-state index is -3.98. The van der Waals surface area contributed by atoms with Crippen LogP contribution in [0.4, 0.5) is 0 Å². The number of carbonyl (C=O) groups is 3. The van der Waals surface area contributed by atoms with Crippen molar-refractivity contribution in [1.82, 2.24) is 0 Å². The highest BCUT2D eigenvalue weighted by molar-refractivity contribution is 7.93. The van der Waals surface area contributed by atoms with Gasteiger partial charge in [0.1, 0.15) is 5.92 Å². The van der Waals surface area contributed by atoms with Crippen LogP contribution in [0.2, 0.25) is 0 Å². The van der Waals surface area contributed by atoms with Crippen LogP contribution in [0, 0.1) is 18.3 Å². The molecule has 1 aliphatic carbocycles. The smallest absolute Gasteiger partial charge is 0.181 e. The number of ketones is 3. The number of carbonyl (C=O) groups excluding carboxylic acids is 3. The highest BCUT2D eigenvalue weighted by Crippen LogP contribution is 2.36. The summed E-state index contributed by atoms with van der Waals surface area (Å²) in [6, 6.07) is 2.21. The molecule has 0 bridgehead atoms. The molecule has 7 nitrogen and oxygen atoms in total. The molecule has 1 aromatic rings. The third-order valence-electron chi connectivity index (χ3n) is 4.62. The first-order valence-electron chi connectivity index (χ1n) is 8.19. The molecule has 1 fully saturated rings. The molecule has 1 aliphatic rings. The minimum absolute atomic E-state index is 0.0640. The number of hydrogen-bond acceptors (Lipinski definition) is 7. The molecular formula is C18H22O7S2. The van der Waals surface area contributed by atoms with Crippen LogP contribution in [-0.4, -0.2) is 46.7 Å². The van der Waals surface area contributed by atoms with E-state index >= 15 is 0 Å². The van der Waals surface area contributed by atoms with Gasteiger partial charge in [-0.15, -0.1) is 0 Å². The first-order chi connectivity index (χ1) is 12.1. The lowest BCUT2D eigenvalue weighted by Crippen LogP contribution is -2.42. The van der Waals surface area contributed by atoms with Gasteiger partial charge < -0.3 is 0 Å². The molecule has 0 saturated heterocycles. The Labute approximate surface area is 159 Å². The molecule has 0 radical (unpaired) electrons. The first-order valence-corrected chi connectivity index (χ1v) is 12.0. The van der Waals surface area contributed by atoms with Gasteiger partial charge in [-0.2, -0.15) is 0 Å².